The van der Waals surface area contributed by atoms with Crippen LogP contribution in [0.1, 0.15) is 18.1 Å². The number of anilines is 1. The fraction of sp³-hybridized carbons (Fsp3) is 0.455. The van der Waals surface area contributed by atoms with Crippen molar-refractivity contribution >= 4 is 17.3 Å². The number of aliphatic hydroxyl groups excluding tert-OH is 2. The molecule has 0 aliphatic rings. The highest BCUT2D eigenvalue weighted by molar-refractivity contribution is 6.31. The van der Waals surface area contributed by atoms with Crippen LogP contribution in [0.4, 0.5) is 5.69 Å². The Labute approximate surface area is 100 Å². The smallest absolute Gasteiger partial charge is 0.106 e. The second-order valence-corrected chi connectivity index (χ2v) is 4.09. The predicted molar refractivity (Wildman–Crippen MR) is 65.4 cm³/mol. The van der Waals surface area contributed by atoms with Gasteiger partial charge in [0.1, 0.15) is 6.10 Å². The van der Waals surface area contributed by atoms with Gasteiger partial charge in [-0.3, -0.25) is 0 Å². The highest BCUT2D eigenvalue weighted by atomic mass is 35.5. The largest absolute Gasteiger partial charge is 0.399 e. The van der Waals surface area contributed by atoms with Gasteiger partial charge in [0.2, 0.25) is 0 Å². The van der Waals surface area contributed by atoms with Gasteiger partial charge in [0.05, 0.1) is 6.10 Å². The monoisotopic (exact) mass is 244 g/mol. The molecule has 0 amide bonds. The first-order valence-corrected chi connectivity index (χ1v) is 5.49. The van der Waals surface area contributed by atoms with Gasteiger partial charge < -0.3 is 21.3 Å². The molecule has 0 aromatic heterocycles. The second kappa shape index (κ2) is 6.06. The highest BCUT2D eigenvalue weighted by Crippen LogP contribution is 2.27. The summed E-state index contributed by atoms with van der Waals surface area (Å²) in [6, 6.07) is 4.84. The molecule has 1 rings (SSSR count). The first-order valence-electron chi connectivity index (χ1n) is 5.12. The molecule has 0 aliphatic carbocycles. The molecule has 1 aromatic carbocycles. The van der Waals surface area contributed by atoms with Crippen LogP contribution in [0, 0.1) is 0 Å². The van der Waals surface area contributed by atoms with Crippen LogP contribution < -0.4 is 11.1 Å². The standard InChI is InChI=1S/C11H17ClN2O2/c1-14-5-4-10(15)11(16)8-3-2-7(13)6-9(8)12/h2-3,6,10-11,14-16H,4-5,13H2,1H3. The summed E-state index contributed by atoms with van der Waals surface area (Å²) in [5.74, 6) is 0. The fourth-order valence-electron chi connectivity index (χ4n) is 1.44. The van der Waals surface area contributed by atoms with Crippen LogP contribution in [0.3, 0.4) is 0 Å². The minimum Gasteiger partial charge on any atom is -0.399 e. The average Bonchev–Trinajstić information content (AvgIpc) is 2.25. The Morgan fingerprint density at radius 3 is 2.69 bits per heavy atom. The van der Waals surface area contributed by atoms with Crippen LogP contribution >= 0.6 is 11.6 Å². The summed E-state index contributed by atoms with van der Waals surface area (Å²) >= 11 is 5.94. The molecule has 1 aromatic rings. The number of benzene rings is 1. The number of nitrogens with two attached hydrogens (primary N) is 1. The lowest BCUT2D eigenvalue weighted by Crippen LogP contribution is -2.23. The van der Waals surface area contributed by atoms with E-state index >= 15 is 0 Å². The third kappa shape index (κ3) is 3.35. The minimum absolute atomic E-state index is 0.371. The van der Waals surface area contributed by atoms with Crippen molar-refractivity contribution in [3.63, 3.8) is 0 Å². The maximum atomic E-state index is 9.88. The predicted octanol–water partition coefficient (Wildman–Crippen LogP) is 0.926. The molecule has 0 saturated heterocycles. The maximum absolute atomic E-state index is 9.88. The van der Waals surface area contributed by atoms with E-state index in [0.29, 0.717) is 29.2 Å². The Morgan fingerprint density at radius 2 is 2.12 bits per heavy atom. The van der Waals surface area contributed by atoms with E-state index in [9.17, 15) is 10.2 Å². The maximum Gasteiger partial charge on any atom is 0.106 e. The van der Waals surface area contributed by atoms with Gasteiger partial charge in [-0.1, -0.05) is 17.7 Å². The lowest BCUT2D eigenvalue weighted by Gasteiger charge is -2.19. The number of hydrogen-bond acceptors (Lipinski definition) is 4. The van der Waals surface area contributed by atoms with Crippen molar-refractivity contribution < 1.29 is 10.2 Å². The van der Waals surface area contributed by atoms with E-state index in [1.165, 1.54) is 0 Å². The van der Waals surface area contributed by atoms with Gasteiger partial charge in [-0.05, 0) is 32.1 Å². The molecule has 0 spiro atoms. The van der Waals surface area contributed by atoms with Crippen LogP contribution in [0.25, 0.3) is 0 Å². The van der Waals surface area contributed by atoms with Crippen LogP contribution in [0.2, 0.25) is 5.02 Å². The molecule has 2 atom stereocenters. The molecule has 0 saturated carbocycles. The average molecular weight is 245 g/mol. The molecule has 0 aliphatic heterocycles. The van der Waals surface area contributed by atoms with E-state index in [2.05, 4.69) is 5.32 Å². The number of aliphatic hydroxyl groups is 2. The van der Waals surface area contributed by atoms with Gasteiger partial charge in [-0.2, -0.15) is 0 Å². The fourth-order valence-corrected chi connectivity index (χ4v) is 1.74. The van der Waals surface area contributed by atoms with Gasteiger partial charge in [0, 0.05) is 16.3 Å². The molecule has 90 valence electrons. The van der Waals surface area contributed by atoms with Crippen molar-refractivity contribution in [1.82, 2.24) is 5.32 Å². The van der Waals surface area contributed by atoms with Gasteiger partial charge >= 0.3 is 0 Å². The molecule has 0 heterocycles. The Hall–Kier alpha value is -0.810. The normalized spacial score (nSPS) is 14.8. The number of nitrogens with one attached hydrogen (secondary N) is 1. The lowest BCUT2D eigenvalue weighted by molar-refractivity contribution is 0.0141. The van der Waals surface area contributed by atoms with Crippen LogP contribution in [-0.4, -0.2) is 29.9 Å². The molecule has 5 N–H and O–H groups in total. The van der Waals surface area contributed by atoms with Gasteiger partial charge in [0.15, 0.2) is 0 Å². The zero-order chi connectivity index (χ0) is 12.1. The summed E-state index contributed by atoms with van der Waals surface area (Å²) in [6.07, 6.45) is -1.37. The first kappa shape index (κ1) is 13.3. The molecular formula is C11H17ClN2O2. The van der Waals surface area contributed by atoms with E-state index < -0.39 is 12.2 Å². The van der Waals surface area contributed by atoms with Crippen molar-refractivity contribution in [3.05, 3.63) is 28.8 Å². The summed E-state index contributed by atoms with van der Waals surface area (Å²) in [4.78, 5) is 0. The Balaban J connectivity index is 2.75. The zero-order valence-corrected chi connectivity index (χ0v) is 9.91. The summed E-state index contributed by atoms with van der Waals surface area (Å²) in [5, 5.41) is 22.9. The lowest BCUT2D eigenvalue weighted by atomic mass is 10.0. The van der Waals surface area contributed by atoms with E-state index in [1.807, 2.05) is 0 Å². The summed E-state index contributed by atoms with van der Waals surface area (Å²) in [6.45, 7) is 0.630. The number of hydrogen-bond donors (Lipinski definition) is 4. The van der Waals surface area contributed by atoms with Crippen LogP contribution in [-0.2, 0) is 0 Å². The van der Waals surface area contributed by atoms with E-state index in [0.717, 1.165) is 0 Å². The molecule has 0 fully saturated rings. The summed E-state index contributed by atoms with van der Waals surface area (Å²) < 4.78 is 0. The van der Waals surface area contributed by atoms with Gasteiger partial charge in [0.25, 0.3) is 0 Å². The zero-order valence-electron chi connectivity index (χ0n) is 9.15. The Bertz CT molecular complexity index is 347. The molecule has 16 heavy (non-hydrogen) atoms. The van der Waals surface area contributed by atoms with E-state index in [1.54, 1.807) is 25.2 Å². The van der Waals surface area contributed by atoms with Crippen LogP contribution in [0.5, 0.6) is 0 Å². The number of nitrogen functional groups attached to an aromatic ring is 1. The Morgan fingerprint density at radius 1 is 1.44 bits per heavy atom. The van der Waals surface area contributed by atoms with E-state index in [4.69, 9.17) is 17.3 Å². The van der Waals surface area contributed by atoms with Crippen molar-refractivity contribution in [2.75, 3.05) is 19.3 Å². The molecule has 5 heteroatoms. The van der Waals surface area contributed by atoms with Gasteiger partial charge in [-0.25, -0.2) is 0 Å². The molecule has 0 bridgehead atoms. The highest BCUT2D eigenvalue weighted by Gasteiger charge is 2.20. The molecule has 2 unspecified atom stereocenters. The van der Waals surface area contributed by atoms with Crippen molar-refractivity contribution in [1.29, 1.82) is 0 Å². The number of rotatable bonds is 5. The molecule has 0 radical (unpaired) electrons. The van der Waals surface area contributed by atoms with Crippen molar-refractivity contribution in [2.45, 2.75) is 18.6 Å². The van der Waals surface area contributed by atoms with Crippen molar-refractivity contribution in [3.8, 4) is 0 Å². The Kier molecular flexibility index (Phi) is 5.02. The SMILES string of the molecule is CNCCC(O)C(O)c1ccc(N)cc1Cl. The first-order chi connectivity index (χ1) is 7.56. The van der Waals surface area contributed by atoms with Crippen molar-refractivity contribution in [2.24, 2.45) is 0 Å². The minimum atomic E-state index is -0.985. The second-order valence-electron chi connectivity index (χ2n) is 3.69. The molecule has 4 nitrogen and oxygen atoms in total. The summed E-state index contributed by atoms with van der Waals surface area (Å²) in [5.41, 5.74) is 6.58. The topological polar surface area (TPSA) is 78.5 Å². The quantitative estimate of drug-likeness (QED) is 0.581. The van der Waals surface area contributed by atoms with E-state index in [-0.39, 0.29) is 0 Å². The van der Waals surface area contributed by atoms with Gasteiger partial charge in [-0.15, -0.1) is 0 Å². The third-order valence-corrected chi connectivity index (χ3v) is 2.73. The third-order valence-electron chi connectivity index (χ3n) is 2.40. The number of halogens is 1. The van der Waals surface area contributed by atoms with Crippen LogP contribution in [0.15, 0.2) is 18.2 Å². The summed E-state index contributed by atoms with van der Waals surface area (Å²) in [7, 11) is 1.79. The molecular weight excluding hydrogens is 228 g/mol.